The molecule has 0 aromatic heterocycles. The van der Waals surface area contributed by atoms with Gasteiger partial charge < -0.3 is 25.6 Å². The van der Waals surface area contributed by atoms with E-state index >= 15 is 0 Å². The number of carbonyl (C=O) groups is 3. The summed E-state index contributed by atoms with van der Waals surface area (Å²) in [5.41, 5.74) is 0. The van der Waals surface area contributed by atoms with Gasteiger partial charge in [-0.3, -0.25) is 4.79 Å². The Balaban J connectivity index is 2.29. The molecule has 0 saturated carbocycles. The van der Waals surface area contributed by atoms with Crippen molar-refractivity contribution >= 4 is 18.0 Å². The maximum atomic E-state index is 11.5. The number of carbonyl (C=O) groups excluding carboxylic acids is 1. The lowest BCUT2D eigenvalue weighted by atomic mass is 10.1. The van der Waals surface area contributed by atoms with Crippen molar-refractivity contribution in [1.82, 2.24) is 10.6 Å². The first-order valence-electron chi connectivity index (χ1n) is 6.05. The van der Waals surface area contributed by atoms with E-state index in [-0.39, 0.29) is 18.8 Å². The number of ether oxygens (including phenoxy) is 1. The number of carboxylic acids is 2. The Morgan fingerprint density at radius 1 is 1.32 bits per heavy atom. The molecule has 19 heavy (non-hydrogen) atoms. The maximum absolute atomic E-state index is 11.5. The molecule has 0 aliphatic carbocycles. The summed E-state index contributed by atoms with van der Waals surface area (Å²) in [6, 6.07) is -1.80. The molecule has 4 N–H and O–H groups in total. The Labute approximate surface area is 110 Å². The quantitative estimate of drug-likeness (QED) is 0.502. The van der Waals surface area contributed by atoms with Crippen molar-refractivity contribution in [1.29, 1.82) is 0 Å². The zero-order valence-electron chi connectivity index (χ0n) is 10.4. The molecule has 0 spiro atoms. The van der Waals surface area contributed by atoms with E-state index in [0.717, 1.165) is 6.42 Å². The smallest absolute Gasteiger partial charge is 0.326 e. The molecule has 8 nitrogen and oxygen atoms in total. The van der Waals surface area contributed by atoms with E-state index in [1.54, 1.807) is 0 Å². The van der Waals surface area contributed by atoms with Crippen LogP contribution in [-0.4, -0.2) is 54.0 Å². The minimum atomic E-state index is -1.25. The summed E-state index contributed by atoms with van der Waals surface area (Å²) in [5.74, 6) is -2.11. The molecule has 0 aromatic rings. The van der Waals surface area contributed by atoms with Gasteiger partial charge in [-0.25, -0.2) is 9.59 Å². The van der Waals surface area contributed by atoms with Gasteiger partial charge in [0.2, 0.25) is 0 Å². The van der Waals surface area contributed by atoms with E-state index < -0.39 is 24.0 Å². The molecule has 0 aromatic carbocycles. The Morgan fingerprint density at radius 2 is 2.05 bits per heavy atom. The van der Waals surface area contributed by atoms with Crippen molar-refractivity contribution in [2.24, 2.45) is 5.92 Å². The number of aliphatic carboxylic acids is 2. The summed E-state index contributed by atoms with van der Waals surface area (Å²) in [4.78, 5) is 32.7. The van der Waals surface area contributed by atoms with Gasteiger partial charge in [0.05, 0.1) is 6.61 Å². The molecule has 1 unspecified atom stereocenters. The van der Waals surface area contributed by atoms with Crippen LogP contribution in [0.1, 0.15) is 19.3 Å². The van der Waals surface area contributed by atoms with Gasteiger partial charge in [-0.1, -0.05) is 0 Å². The van der Waals surface area contributed by atoms with Crippen LogP contribution in [0.4, 0.5) is 4.79 Å². The molecule has 0 radical (unpaired) electrons. The predicted octanol–water partition coefficient (Wildman–Crippen LogP) is -0.360. The maximum Gasteiger partial charge on any atom is 0.326 e. The summed E-state index contributed by atoms with van der Waals surface area (Å²) < 4.78 is 5.14. The molecule has 1 aliphatic heterocycles. The fourth-order valence-electron chi connectivity index (χ4n) is 1.72. The van der Waals surface area contributed by atoms with Crippen LogP contribution in [0.3, 0.4) is 0 Å². The van der Waals surface area contributed by atoms with Crippen molar-refractivity contribution in [2.75, 3.05) is 19.8 Å². The number of rotatable bonds is 7. The predicted molar refractivity (Wildman–Crippen MR) is 63.8 cm³/mol. The van der Waals surface area contributed by atoms with E-state index in [1.165, 1.54) is 0 Å². The van der Waals surface area contributed by atoms with Gasteiger partial charge in [-0.15, -0.1) is 0 Å². The third-order valence-corrected chi connectivity index (χ3v) is 2.83. The number of amides is 2. The van der Waals surface area contributed by atoms with Crippen LogP contribution >= 0.6 is 0 Å². The highest BCUT2D eigenvalue weighted by atomic mass is 16.5. The molecule has 1 saturated heterocycles. The van der Waals surface area contributed by atoms with Crippen LogP contribution in [0.15, 0.2) is 0 Å². The Bertz CT molecular complexity index is 340. The summed E-state index contributed by atoms with van der Waals surface area (Å²) in [6.07, 6.45) is 0.403. The lowest BCUT2D eigenvalue weighted by Crippen LogP contribution is -2.47. The molecule has 108 valence electrons. The standard InChI is InChI=1S/C11H18N2O6/c14-9(15)2-1-8(10(16)17)13-11(18)12-5-7-3-4-19-6-7/h7-8H,1-6H2,(H,14,15)(H,16,17)(H2,12,13,18)/t7?,8-/m0/s1. The van der Waals surface area contributed by atoms with Crippen LogP contribution in [0.2, 0.25) is 0 Å². The second-order valence-corrected chi connectivity index (χ2v) is 4.41. The van der Waals surface area contributed by atoms with Gasteiger partial charge in [-0.2, -0.15) is 0 Å². The van der Waals surface area contributed by atoms with Crippen molar-refractivity contribution in [3.63, 3.8) is 0 Å². The zero-order chi connectivity index (χ0) is 14.3. The molecule has 8 heteroatoms. The fourth-order valence-corrected chi connectivity index (χ4v) is 1.72. The van der Waals surface area contributed by atoms with Gasteiger partial charge >= 0.3 is 18.0 Å². The minimum Gasteiger partial charge on any atom is -0.481 e. The number of hydrogen-bond acceptors (Lipinski definition) is 4. The van der Waals surface area contributed by atoms with E-state index in [1.807, 2.05) is 0 Å². The number of hydrogen-bond donors (Lipinski definition) is 4. The van der Waals surface area contributed by atoms with E-state index in [0.29, 0.717) is 19.8 Å². The summed E-state index contributed by atoms with van der Waals surface area (Å²) in [6.45, 7) is 1.67. The second kappa shape index (κ2) is 7.57. The summed E-state index contributed by atoms with van der Waals surface area (Å²) in [5, 5.41) is 22.1. The van der Waals surface area contributed by atoms with Gasteiger partial charge in [0, 0.05) is 25.5 Å². The lowest BCUT2D eigenvalue weighted by molar-refractivity contribution is -0.140. The monoisotopic (exact) mass is 274 g/mol. The summed E-state index contributed by atoms with van der Waals surface area (Å²) in [7, 11) is 0. The van der Waals surface area contributed by atoms with Crippen molar-refractivity contribution < 1.29 is 29.3 Å². The molecule has 1 aliphatic rings. The van der Waals surface area contributed by atoms with Crippen LogP contribution in [-0.2, 0) is 14.3 Å². The third-order valence-electron chi connectivity index (χ3n) is 2.83. The Kier molecular flexibility index (Phi) is 6.07. The largest absolute Gasteiger partial charge is 0.481 e. The average molecular weight is 274 g/mol. The topological polar surface area (TPSA) is 125 Å². The molecular formula is C11H18N2O6. The molecule has 2 atom stereocenters. The van der Waals surface area contributed by atoms with Crippen LogP contribution in [0.25, 0.3) is 0 Å². The van der Waals surface area contributed by atoms with Gasteiger partial charge in [0.15, 0.2) is 0 Å². The Hall–Kier alpha value is -1.83. The Morgan fingerprint density at radius 3 is 2.58 bits per heavy atom. The van der Waals surface area contributed by atoms with Crippen LogP contribution < -0.4 is 10.6 Å². The number of urea groups is 1. The van der Waals surface area contributed by atoms with Gasteiger partial charge in [0.1, 0.15) is 6.04 Å². The fraction of sp³-hybridized carbons (Fsp3) is 0.727. The average Bonchev–Trinajstić information content (AvgIpc) is 2.84. The first kappa shape index (κ1) is 15.2. The van der Waals surface area contributed by atoms with Crippen molar-refractivity contribution in [3.8, 4) is 0 Å². The van der Waals surface area contributed by atoms with Crippen molar-refractivity contribution in [3.05, 3.63) is 0 Å². The minimum absolute atomic E-state index is 0.148. The molecular weight excluding hydrogens is 256 g/mol. The van der Waals surface area contributed by atoms with Crippen molar-refractivity contribution in [2.45, 2.75) is 25.3 Å². The highest BCUT2D eigenvalue weighted by Crippen LogP contribution is 2.10. The third kappa shape index (κ3) is 6.05. The van der Waals surface area contributed by atoms with Crippen LogP contribution in [0, 0.1) is 5.92 Å². The highest BCUT2D eigenvalue weighted by Gasteiger charge is 2.22. The van der Waals surface area contributed by atoms with E-state index in [2.05, 4.69) is 10.6 Å². The molecule has 1 rings (SSSR count). The molecule has 0 bridgehead atoms. The molecule has 2 amide bonds. The van der Waals surface area contributed by atoms with Gasteiger partial charge in [0.25, 0.3) is 0 Å². The summed E-state index contributed by atoms with van der Waals surface area (Å²) >= 11 is 0. The van der Waals surface area contributed by atoms with Gasteiger partial charge in [-0.05, 0) is 12.8 Å². The zero-order valence-corrected chi connectivity index (χ0v) is 10.4. The first-order chi connectivity index (χ1) is 8.99. The lowest BCUT2D eigenvalue weighted by Gasteiger charge is -2.15. The second-order valence-electron chi connectivity index (χ2n) is 4.41. The molecule has 1 heterocycles. The highest BCUT2D eigenvalue weighted by molar-refractivity contribution is 5.82. The van der Waals surface area contributed by atoms with Crippen LogP contribution in [0.5, 0.6) is 0 Å². The normalized spacial score (nSPS) is 19.7. The SMILES string of the molecule is O=C(O)CC[C@H](NC(=O)NCC1CCOC1)C(=O)O. The number of nitrogens with one attached hydrogen (secondary N) is 2. The first-order valence-corrected chi connectivity index (χ1v) is 6.05. The van der Waals surface area contributed by atoms with E-state index in [4.69, 9.17) is 14.9 Å². The molecule has 1 fully saturated rings. The number of carboxylic acid groups (broad SMARTS) is 2. The van der Waals surface area contributed by atoms with E-state index in [9.17, 15) is 14.4 Å².